The van der Waals surface area contributed by atoms with Crippen molar-refractivity contribution in [3.8, 4) is 23.0 Å². The molecule has 20 nitrogen and oxygen atoms in total. The molecule has 0 aliphatic carbocycles. The lowest BCUT2D eigenvalue weighted by atomic mass is 9.88. The van der Waals surface area contributed by atoms with Crippen LogP contribution in [0.4, 0.5) is 9.59 Å². The van der Waals surface area contributed by atoms with Crippen LogP contribution >= 0.6 is 0 Å². The van der Waals surface area contributed by atoms with Crippen molar-refractivity contribution in [2.75, 3.05) is 13.6 Å². The topological polar surface area (TPSA) is 286 Å². The van der Waals surface area contributed by atoms with E-state index in [2.05, 4.69) is 0 Å². The Bertz CT molecular complexity index is 2630. The van der Waals surface area contributed by atoms with Crippen molar-refractivity contribution >= 4 is 35.8 Å². The fourth-order valence-corrected chi connectivity index (χ4v) is 9.30. The van der Waals surface area contributed by atoms with Crippen molar-refractivity contribution in [2.24, 2.45) is 29.0 Å². The Morgan fingerprint density at radius 1 is 0.487 bits per heavy atom. The number of rotatable bonds is 20. The van der Waals surface area contributed by atoms with E-state index in [1.165, 1.54) is 27.7 Å². The Balaban J connectivity index is 1.58. The molecule has 422 valence electrons. The molecule has 6 rings (SSSR count). The quantitative estimate of drug-likeness (QED) is 0.0739. The molecule has 6 amide bonds. The van der Waals surface area contributed by atoms with E-state index < -0.39 is 114 Å². The highest BCUT2D eigenvalue weighted by Crippen LogP contribution is 2.36. The molecule has 0 unspecified atom stereocenters. The standard InChI is InChI=1S/C58H76N6O14/c1-33(2)47(63(55(71)77-57(5,6)7)51(67)40(60)25-35-17-13-11-14-18-35)53(69)62(54(70)48(34(3)4)64(56(72)78-58(8,9)10)52(68)41(61)26-36-19-15-12-16-20-36)42(28-38-22-24-44-46(30-38)76-32-74-44)50(66)49(65)39(59)27-37-21-23-43-45(29-37)75-31-73-43/h11-24,29-30,33-34,39-42,47-50,65-66H,25-28,31-32,59-61H2,1-10H3/t39-,40-,41-,42-,47-,48-,49+,50+/m0/s1. The summed E-state index contributed by atoms with van der Waals surface area (Å²) in [5.74, 6) is -5.17. The van der Waals surface area contributed by atoms with Gasteiger partial charge in [0.25, 0.3) is 11.8 Å². The summed E-state index contributed by atoms with van der Waals surface area (Å²) in [6.07, 6.45) is -7.38. The van der Waals surface area contributed by atoms with Crippen molar-refractivity contribution in [1.82, 2.24) is 14.7 Å². The van der Waals surface area contributed by atoms with Crippen LogP contribution in [0, 0.1) is 11.8 Å². The summed E-state index contributed by atoms with van der Waals surface area (Å²) in [6.45, 7) is 15.3. The number of aliphatic hydroxyl groups is 2. The number of carbonyl (C=O) groups excluding carboxylic acids is 6. The molecule has 8 N–H and O–H groups in total. The van der Waals surface area contributed by atoms with Crippen LogP contribution in [0.1, 0.15) is 91.5 Å². The van der Waals surface area contributed by atoms with Gasteiger partial charge < -0.3 is 55.8 Å². The normalized spacial score (nSPS) is 16.0. The van der Waals surface area contributed by atoms with Crippen LogP contribution in [0.3, 0.4) is 0 Å². The number of nitrogens with two attached hydrogens (primary N) is 3. The number of ether oxygens (including phenoxy) is 6. The van der Waals surface area contributed by atoms with E-state index in [0.29, 0.717) is 54.2 Å². The number of benzene rings is 4. The zero-order chi connectivity index (χ0) is 57.4. The molecule has 0 aromatic heterocycles. The molecule has 4 aromatic rings. The molecule has 0 saturated carbocycles. The van der Waals surface area contributed by atoms with Gasteiger partial charge in [-0.05, 0) is 126 Å². The number of amides is 6. The van der Waals surface area contributed by atoms with Crippen molar-refractivity contribution in [3.63, 3.8) is 0 Å². The lowest BCUT2D eigenvalue weighted by molar-refractivity contribution is -0.166. The number of imide groups is 3. The van der Waals surface area contributed by atoms with E-state index in [1.54, 1.807) is 139 Å². The van der Waals surface area contributed by atoms with Crippen LogP contribution in [-0.2, 0) is 54.3 Å². The van der Waals surface area contributed by atoms with Crippen LogP contribution in [0.25, 0.3) is 0 Å². The first-order valence-corrected chi connectivity index (χ1v) is 26.1. The molecule has 8 atom stereocenters. The first-order chi connectivity index (χ1) is 36.6. The van der Waals surface area contributed by atoms with E-state index in [-0.39, 0.29) is 38.6 Å². The number of hydrogen-bond donors (Lipinski definition) is 5. The fourth-order valence-electron chi connectivity index (χ4n) is 9.30. The van der Waals surface area contributed by atoms with Gasteiger partial charge in [0.1, 0.15) is 29.4 Å². The third-order valence-electron chi connectivity index (χ3n) is 13.0. The molecular weight excluding hydrogens is 1000 g/mol. The van der Waals surface area contributed by atoms with Gasteiger partial charge in [0.05, 0.1) is 24.2 Å². The highest BCUT2D eigenvalue weighted by molar-refractivity contribution is 6.08. The van der Waals surface area contributed by atoms with Crippen molar-refractivity contribution in [2.45, 2.75) is 155 Å². The zero-order valence-electron chi connectivity index (χ0n) is 46.1. The summed E-state index contributed by atoms with van der Waals surface area (Å²) in [6, 6.07) is 17.2. The molecule has 0 radical (unpaired) electrons. The minimum absolute atomic E-state index is 0.00775. The molecule has 20 heteroatoms. The number of fused-ring (bicyclic) bond motifs is 2. The molecule has 0 bridgehead atoms. The van der Waals surface area contributed by atoms with Crippen LogP contribution in [0.2, 0.25) is 0 Å². The zero-order valence-corrected chi connectivity index (χ0v) is 46.1. The Kier molecular flexibility index (Phi) is 19.7. The van der Waals surface area contributed by atoms with Gasteiger partial charge in [0.2, 0.25) is 25.4 Å². The number of hydrogen-bond acceptors (Lipinski definition) is 17. The minimum atomic E-state index is -2.15. The number of aliphatic hydroxyl groups excluding tert-OH is 2. The summed E-state index contributed by atoms with van der Waals surface area (Å²) in [5, 5.41) is 25.3. The molecule has 2 aliphatic heterocycles. The smallest absolute Gasteiger partial charge is 0.417 e. The van der Waals surface area contributed by atoms with Crippen molar-refractivity contribution in [1.29, 1.82) is 0 Å². The van der Waals surface area contributed by atoms with Crippen LogP contribution < -0.4 is 36.1 Å². The highest BCUT2D eigenvalue weighted by atomic mass is 16.7. The second-order valence-electron chi connectivity index (χ2n) is 22.4. The van der Waals surface area contributed by atoms with Gasteiger partial charge in [-0.1, -0.05) is 100 Å². The minimum Gasteiger partial charge on any atom is -0.454 e. The van der Waals surface area contributed by atoms with Crippen molar-refractivity contribution in [3.05, 3.63) is 119 Å². The average Bonchev–Trinajstić information content (AvgIpc) is 4.11. The monoisotopic (exact) mass is 1080 g/mol. The third-order valence-corrected chi connectivity index (χ3v) is 13.0. The molecule has 0 spiro atoms. The van der Waals surface area contributed by atoms with E-state index in [4.69, 9.17) is 45.6 Å². The fraction of sp³-hybridized carbons (Fsp3) is 0.483. The van der Waals surface area contributed by atoms with E-state index in [0.717, 1.165) is 0 Å². The van der Waals surface area contributed by atoms with Gasteiger partial charge in [0.15, 0.2) is 23.0 Å². The summed E-state index contributed by atoms with van der Waals surface area (Å²) in [4.78, 5) is 94.2. The maximum atomic E-state index is 16.5. The predicted molar refractivity (Wildman–Crippen MR) is 288 cm³/mol. The Morgan fingerprint density at radius 3 is 1.23 bits per heavy atom. The first kappa shape index (κ1) is 60.1. The molecule has 78 heavy (non-hydrogen) atoms. The largest absolute Gasteiger partial charge is 0.454 e. The summed E-state index contributed by atoms with van der Waals surface area (Å²) >= 11 is 0. The average molecular weight is 1080 g/mol. The van der Waals surface area contributed by atoms with E-state index >= 15 is 19.2 Å². The lowest BCUT2D eigenvalue weighted by Crippen LogP contribution is -2.68. The van der Waals surface area contributed by atoms with Crippen molar-refractivity contribution < 1.29 is 67.4 Å². The molecule has 0 saturated heterocycles. The molecule has 0 fully saturated rings. The summed E-state index contributed by atoms with van der Waals surface area (Å²) < 4.78 is 34.0. The summed E-state index contributed by atoms with van der Waals surface area (Å²) in [5.41, 5.74) is 19.8. The maximum Gasteiger partial charge on any atom is 0.417 e. The third kappa shape index (κ3) is 15.1. The van der Waals surface area contributed by atoms with Gasteiger partial charge >= 0.3 is 12.2 Å². The molecule has 4 aromatic carbocycles. The van der Waals surface area contributed by atoms with Crippen LogP contribution in [0.15, 0.2) is 97.1 Å². The second-order valence-corrected chi connectivity index (χ2v) is 22.4. The Hall–Kier alpha value is -7.10. The van der Waals surface area contributed by atoms with E-state index in [1.807, 2.05) is 0 Å². The second kappa shape index (κ2) is 25.6. The first-order valence-electron chi connectivity index (χ1n) is 26.1. The Labute approximate surface area is 456 Å². The maximum absolute atomic E-state index is 16.5. The molecular formula is C58H76N6O14. The van der Waals surface area contributed by atoms with Gasteiger partial charge in [-0.15, -0.1) is 0 Å². The number of carbonyl (C=O) groups is 6. The molecule has 2 heterocycles. The number of nitrogens with zero attached hydrogens (tertiary/aromatic N) is 3. The lowest BCUT2D eigenvalue weighted by Gasteiger charge is -2.44. The van der Waals surface area contributed by atoms with Gasteiger partial charge in [-0.25, -0.2) is 19.4 Å². The summed E-state index contributed by atoms with van der Waals surface area (Å²) in [7, 11) is 0. The van der Waals surface area contributed by atoms with Crippen LogP contribution in [-0.4, -0.2) is 134 Å². The predicted octanol–water partition coefficient (Wildman–Crippen LogP) is 5.42. The Morgan fingerprint density at radius 2 is 0.859 bits per heavy atom. The van der Waals surface area contributed by atoms with Gasteiger partial charge in [0, 0.05) is 6.04 Å². The molecule has 2 aliphatic rings. The van der Waals surface area contributed by atoms with Gasteiger partial charge in [-0.3, -0.25) is 24.1 Å². The van der Waals surface area contributed by atoms with Gasteiger partial charge in [-0.2, -0.15) is 0 Å². The van der Waals surface area contributed by atoms with Crippen LogP contribution in [0.5, 0.6) is 23.0 Å². The SMILES string of the molecule is CC(C)[C@@H](C(=O)N(C(=O)[C@H](C(C)C)N(C(=O)OC(C)(C)C)C(=O)[C@@H](N)Cc1ccccc1)[C@@H](Cc1ccc2c(c1)OCO2)[C@@H](O)[C@H](O)[C@@H](N)Cc1ccc2c(c1)OCO2)N(C(=O)OC(C)(C)C)C(=O)[C@@H](N)Cc1ccccc1. The van der Waals surface area contributed by atoms with E-state index in [9.17, 15) is 19.8 Å². The highest BCUT2D eigenvalue weighted by Gasteiger charge is 2.52.